The summed E-state index contributed by atoms with van der Waals surface area (Å²) < 4.78 is 5.72. The lowest BCUT2D eigenvalue weighted by atomic mass is 10.1. The Morgan fingerprint density at radius 3 is 2.31 bits per heavy atom. The zero-order valence-corrected chi connectivity index (χ0v) is 15.7. The van der Waals surface area contributed by atoms with Crippen molar-refractivity contribution in [2.45, 2.75) is 18.4 Å². The summed E-state index contributed by atoms with van der Waals surface area (Å²) in [4.78, 5) is 27.7. The molecule has 1 aliphatic rings. The van der Waals surface area contributed by atoms with Crippen LogP contribution in [0, 0.1) is 0 Å². The summed E-state index contributed by atoms with van der Waals surface area (Å²) >= 11 is 1.51. The summed E-state index contributed by atoms with van der Waals surface area (Å²) in [5.41, 5.74) is 0.808. The van der Waals surface area contributed by atoms with E-state index >= 15 is 0 Å². The van der Waals surface area contributed by atoms with Crippen LogP contribution in [0.25, 0.3) is 0 Å². The molecule has 0 radical (unpaired) electrons. The number of carbonyl (C=O) groups excluding carboxylic acids is 2. The van der Waals surface area contributed by atoms with Gasteiger partial charge in [-0.1, -0.05) is 12.1 Å². The van der Waals surface area contributed by atoms with Crippen molar-refractivity contribution >= 4 is 23.6 Å². The highest BCUT2D eigenvalue weighted by Crippen LogP contribution is 2.23. The number of thioether (sulfide) groups is 1. The average molecular weight is 374 g/mol. The highest BCUT2D eigenvalue weighted by Gasteiger charge is 2.35. The molecule has 7 heteroatoms. The van der Waals surface area contributed by atoms with E-state index < -0.39 is 6.10 Å². The summed E-state index contributed by atoms with van der Waals surface area (Å²) in [5.74, 6) is 2.11. The zero-order valence-electron chi connectivity index (χ0n) is 14.8. The van der Waals surface area contributed by atoms with E-state index in [1.807, 2.05) is 31.1 Å². The number of β-amino-alcohol motifs (C(OH)–C–C–N with tert-alkyl or cyclic N) is 1. The average Bonchev–Trinajstić information content (AvgIpc) is 3.13. The van der Waals surface area contributed by atoms with Crippen LogP contribution in [-0.2, 0) is 12.3 Å². The molecule has 0 bridgehead atoms. The Balaban J connectivity index is 1.48. The highest BCUT2D eigenvalue weighted by atomic mass is 32.2. The smallest absolute Gasteiger partial charge is 0.261 e. The molecule has 1 atom stereocenters. The number of carbonyl (C=O) groups is 2. The molecular weight excluding hydrogens is 352 g/mol. The van der Waals surface area contributed by atoms with Crippen LogP contribution in [0.2, 0.25) is 0 Å². The van der Waals surface area contributed by atoms with Crippen LogP contribution in [0.4, 0.5) is 0 Å². The van der Waals surface area contributed by atoms with Gasteiger partial charge in [0.05, 0.1) is 36.1 Å². The van der Waals surface area contributed by atoms with Gasteiger partial charge < -0.3 is 14.4 Å². The molecule has 1 aromatic carbocycles. The van der Waals surface area contributed by atoms with Crippen molar-refractivity contribution < 1.29 is 19.1 Å². The second-order valence-corrected chi connectivity index (χ2v) is 7.57. The molecule has 6 nitrogen and oxygen atoms in total. The predicted octanol–water partition coefficient (Wildman–Crippen LogP) is 2.23. The third-order valence-electron chi connectivity index (χ3n) is 4.02. The van der Waals surface area contributed by atoms with Gasteiger partial charge in [-0.25, -0.2) is 0 Å². The zero-order chi connectivity index (χ0) is 18.7. The molecular formula is C19H22N2O4S. The molecule has 26 heavy (non-hydrogen) atoms. The summed E-state index contributed by atoms with van der Waals surface area (Å²) in [6.07, 6.45) is -0.779. The molecule has 2 heterocycles. The Kier molecular flexibility index (Phi) is 5.80. The molecule has 3 rings (SSSR count). The molecule has 1 aromatic heterocycles. The van der Waals surface area contributed by atoms with E-state index in [0.717, 1.165) is 23.0 Å². The third kappa shape index (κ3) is 4.17. The van der Waals surface area contributed by atoms with E-state index in [0.29, 0.717) is 22.6 Å². The Morgan fingerprint density at radius 2 is 1.69 bits per heavy atom. The minimum Gasteiger partial charge on any atom is -0.464 e. The van der Waals surface area contributed by atoms with Gasteiger partial charge in [0.1, 0.15) is 11.5 Å². The van der Waals surface area contributed by atoms with Crippen molar-refractivity contribution in [3.8, 4) is 0 Å². The van der Waals surface area contributed by atoms with Crippen LogP contribution in [0.15, 0.2) is 40.8 Å². The van der Waals surface area contributed by atoms with Gasteiger partial charge in [0.15, 0.2) is 0 Å². The first-order valence-electron chi connectivity index (χ1n) is 8.39. The molecule has 0 saturated carbocycles. The summed E-state index contributed by atoms with van der Waals surface area (Å²) in [6.45, 7) is 0.746. The van der Waals surface area contributed by atoms with Crippen molar-refractivity contribution in [1.29, 1.82) is 0 Å². The number of hydrogen-bond acceptors (Lipinski definition) is 6. The van der Waals surface area contributed by atoms with E-state index in [9.17, 15) is 14.7 Å². The van der Waals surface area contributed by atoms with Gasteiger partial charge in [-0.15, -0.1) is 0 Å². The van der Waals surface area contributed by atoms with Crippen molar-refractivity contribution in [3.63, 3.8) is 0 Å². The number of benzene rings is 1. The standard InChI is InChI=1S/C19H22N2O4S/c1-20(2)10-14-7-8-15(25-14)12-26-11-13(22)9-21-18(23)16-5-3-4-6-17(16)19(21)24/h3-8,13,22H,9-12H2,1-2H3. The minimum absolute atomic E-state index is 0.00335. The fourth-order valence-corrected chi connectivity index (χ4v) is 3.71. The van der Waals surface area contributed by atoms with Crippen LogP contribution in [0.3, 0.4) is 0 Å². The Labute approximate surface area is 156 Å². The Hall–Kier alpha value is -2.09. The molecule has 1 N–H and O–H groups in total. The van der Waals surface area contributed by atoms with Gasteiger partial charge in [0.2, 0.25) is 0 Å². The number of aliphatic hydroxyl groups is 1. The number of fused-ring (bicyclic) bond motifs is 1. The fraction of sp³-hybridized carbons (Fsp3) is 0.368. The normalized spacial score (nSPS) is 15.0. The number of amides is 2. The summed E-state index contributed by atoms with van der Waals surface area (Å²) in [7, 11) is 3.96. The third-order valence-corrected chi connectivity index (χ3v) is 5.12. The lowest BCUT2D eigenvalue weighted by Crippen LogP contribution is -2.37. The summed E-state index contributed by atoms with van der Waals surface area (Å²) in [6, 6.07) is 10.6. The van der Waals surface area contributed by atoms with E-state index in [1.165, 1.54) is 11.8 Å². The first-order valence-corrected chi connectivity index (χ1v) is 9.54. The maximum Gasteiger partial charge on any atom is 0.261 e. The Bertz CT molecular complexity index is 767. The van der Waals surface area contributed by atoms with E-state index in [-0.39, 0.29) is 18.4 Å². The lowest BCUT2D eigenvalue weighted by Gasteiger charge is -2.18. The number of aliphatic hydroxyl groups excluding tert-OH is 1. The van der Waals surface area contributed by atoms with Gasteiger partial charge in [-0.05, 0) is 38.4 Å². The molecule has 1 unspecified atom stereocenters. The highest BCUT2D eigenvalue weighted by molar-refractivity contribution is 7.98. The van der Waals surface area contributed by atoms with Gasteiger partial charge in [-0.2, -0.15) is 11.8 Å². The lowest BCUT2D eigenvalue weighted by molar-refractivity contribution is 0.0567. The summed E-state index contributed by atoms with van der Waals surface area (Å²) in [5, 5.41) is 10.2. The first kappa shape index (κ1) is 18.7. The minimum atomic E-state index is -0.779. The van der Waals surface area contributed by atoms with Gasteiger partial charge >= 0.3 is 0 Å². The maximum absolute atomic E-state index is 12.3. The van der Waals surface area contributed by atoms with Crippen LogP contribution < -0.4 is 0 Å². The maximum atomic E-state index is 12.3. The predicted molar refractivity (Wildman–Crippen MR) is 100 cm³/mol. The quantitative estimate of drug-likeness (QED) is 0.715. The van der Waals surface area contributed by atoms with Gasteiger partial charge in [0, 0.05) is 5.75 Å². The molecule has 138 valence electrons. The molecule has 2 aromatic rings. The van der Waals surface area contributed by atoms with Crippen molar-refractivity contribution in [3.05, 3.63) is 59.0 Å². The van der Waals surface area contributed by atoms with Crippen molar-refractivity contribution in [2.75, 3.05) is 26.4 Å². The molecule has 0 fully saturated rings. The molecule has 1 aliphatic heterocycles. The van der Waals surface area contributed by atoms with Gasteiger partial charge in [0.25, 0.3) is 11.8 Å². The van der Waals surface area contributed by atoms with Gasteiger partial charge in [-0.3, -0.25) is 14.5 Å². The number of nitrogens with zero attached hydrogens (tertiary/aromatic N) is 2. The second-order valence-electron chi connectivity index (χ2n) is 6.54. The number of rotatable bonds is 8. The van der Waals surface area contributed by atoms with Crippen molar-refractivity contribution in [2.24, 2.45) is 0 Å². The number of hydrogen-bond donors (Lipinski definition) is 1. The van der Waals surface area contributed by atoms with E-state index in [1.54, 1.807) is 24.3 Å². The number of furan rings is 1. The van der Waals surface area contributed by atoms with Crippen LogP contribution >= 0.6 is 11.8 Å². The molecule has 0 spiro atoms. The van der Waals surface area contributed by atoms with Crippen LogP contribution in [0.1, 0.15) is 32.2 Å². The topological polar surface area (TPSA) is 74.0 Å². The number of imide groups is 1. The molecule has 0 aliphatic carbocycles. The van der Waals surface area contributed by atoms with Crippen LogP contribution in [-0.4, -0.2) is 59.2 Å². The fourth-order valence-electron chi connectivity index (χ4n) is 2.86. The largest absolute Gasteiger partial charge is 0.464 e. The first-order chi connectivity index (χ1) is 12.5. The van der Waals surface area contributed by atoms with E-state index in [2.05, 4.69) is 0 Å². The second kappa shape index (κ2) is 8.07. The molecule has 0 saturated heterocycles. The SMILES string of the molecule is CN(C)Cc1ccc(CSCC(O)CN2C(=O)c3ccccc3C2=O)o1. The van der Waals surface area contributed by atoms with Crippen LogP contribution in [0.5, 0.6) is 0 Å². The Morgan fingerprint density at radius 1 is 1.08 bits per heavy atom. The van der Waals surface area contributed by atoms with Crippen molar-refractivity contribution in [1.82, 2.24) is 9.80 Å². The monoisotopic (exact) mass is 374 g/mol. The van der Waals surface area contributed by atoms with E-state index in [4.69, 9.17) is 4.42 Å². The molecule has 2 amide bonds.